The Bertz CT molecular complexity index is 1060. The van der Waals surface area contributed by atoms with E-state index in [-0.39, 0.29) is 11.9 Å². The normalized spacial score (nSPS) is 10.2. The highest BCUT2D eigenvalue weighted by Gasteiger charge is 2.04. The summed E-state index contributed by atoms with van der Waals surface area (Å²) in [5, 5.41) is 6.30. The summed E-state index contributed by atoms with van der Waals surface area (Å²) in [6.45, 7) is 2.81. The zero-order valence-electron chi connectivity index (χ0n) is 14.2. The molecule has 2 heterocycles. The molecule has 0 aliphatic heterocycles. The molecule has 0 aliphatic carbocycles. The number of rotatable bonds is 2. The highest BCUT2D eigenvalue weighted by Crippen LogP contribution is 2.30. The highest BCUT2D eigenvalue weighted by atomic mass is 32.1. The van der Waals surface area contributed by atoms with Crippen molar-refractivity contribution in [2.24, 2.45) is 0 Å². The van der Waals surface area contributed by atoms with E-state index in [2.05, 4.69) is 0 Å². The van der Waals surface area contributed by atoms with Crippen LogP contribution in [0.15, 0.2) is 59.3 Å². The van der Waals surface area contributed by atoms with Gasteiger partial charge in [-0.05, 0) is 57.9 Å². The fourth-order valence-corrected chi connectivity index (χ4v) is 4.03. The van der Waals surface area contributed by atoms with Crippen molar-refractivity contribution in [1.82, 2.24) is 0 Å². The molecule has 0 bridgehead atoms. The molecule has 0 saturated heterocycles. The smallest absolute Gasteiger partial charge is 0.308 e. The molecule has 0 fully saturated rings. The van der Waals surface area contributed by atoms with Crippen molar-refractivity contribution in [2.75, 3.05) is 0 Å². The van der Waals surface area contributed by atoms with Crippen LogP contribution in [0, 0.1) is 0 Å². The number of carbonyl (C=O) groups is 2. The van der Waals surface area contributed by atoms with Crippen LogP contribution in [0.2, 0.25) is 0 Å². The minimum Gasteiger partial charge on any atom is -0.427 e. The average molecular weight is 384 g/mol. The van der Waals surface area contributed by atoms with Gasteiger partial charge >= 0.3 is 11.9 Å². The molecule has 0 spiro atoms. The molecule has 4 aromatic rings. The van der Waals surface area contributed by atoms with Gasteiger partial charge in [-0.3, -0.25) is 9.59 Å². The number of hydrogen-bond donors (Lipinski definition) is 0. The molecule has 0 saturated carbocycles. The van der Waals surface area contributed by atoms with Gasteiger partial charge < -0.3 is 9.47 Å². The fourth-order valence-electron chi connectivity index (χ4n) is 2.37. The zero-order valence-corrected chi connectivity index (χ0v) is 15.9. The van der Waals surface area contributed by atoms with Gasteiger partial charge in [0.05, 0.1) is 4.70 Å². The van der Waals surface area contributed by atoms with Crippen molar-refractivity contribution in [2.45, 2.75) is 13.8 Å². The standard InChI is InChI=1S/2C10H8O2S/c1-7(11)12-9-3-2-8-4-5-13-10(8)6-9;1-7(11)12-9-4-2-3-8-5-6-13-10(8)9/h2*2-6H,1H3. The lowest BCUT2D eigenvalue weighted by Gasteiger charge is -2.01. The van der Waals surface area contributed by atoms with Crippen molar-refractivity contribution in [3.8, 4) is 11.5 Å². The maximum atomic E-state index is 10.8. The van der Waals surface area contributed by atoms with Crippen LogP contribution in [-0.4, -0.2) is 11.9 Å². The van der Waals surface area contributed by atoms with E-state index in [1.54, 1.807) is 34.8 Å². The van der Waals surface area contributed by atoms with Gasteiger partial charge in [0.25, 0.3) is 0 Å². The molecule has 26 heavy (non-hydrogen) atoms. The Labute approximate surface area is 158 Å². The van der Waals surface area contributed by atoms with Gasteiger partial charge in [-0.2, -0.15) is 0 Å². The summed E-state index contributed by atoms with van der Waals surface area (Å²) in [5.74, 6) is 0.708. The van der Waals surface area contributed by atoms with Crippen LogP contribution in [-0.2, 0) is 9.59 Å². The molecule has 0 atom stereocenters. The first-order chi connectivity index (χ1) is 12.5. The Balaban J connectivity index is 0.000000151. The van der Waals surface area contributed by atoms with E-state index in [4.69, 9.17) is 9.47 Å². The van der Waals surface area contributed by atoms with Crippen molar-refractivity contribution in [1.29, 1.82) is 0 Å². The summed E-state index contributed by atoms with van der Waals surface area (Å²) in [6, 6.07) is 15.4. The third kappa shape index (κ3) is 4.47. The van der Waals surface area contributed by atoms with E-state index in [0.717, 1.165) is 14.8 Å². The van der Waals surface area contributed by atoms with E-state index >= 15 is 0 Å². The molecule has 0 N–H and O–H groups in total. The predicted molar refractivity (Wildman–Crippen MR) is 106 cm³/mol. The van der Waals surface area contributed by atoms with Gasteiger partial charge in [0, 0.05) is 18.5 Å². The van der Waals surface area contributed by atoms with Crippen LogP contribution in [0.4, 0.5) is 0 Å². The monoisotopic (exact) mass is 384 g/mol. The van der Waals surface area contributed by atoms with Crippen molar-refractivity contribution >= 4 is 54.8 Å². The van der Waals surface area contributed by atoms with Crippen LogP contribution in [0.5, 0.6) is 11.5 Å². The molecule has 2 aromatic carbocycles. The van der Waals surface area contributed by atoms with Crippen LogP contribution in [0.1, 0.15) is 13.8 Å². The second-order valence-electron chi connectivity index (χ2n) is 5.40. The average Bonchev–Trinajstić information content (AvgIpc) is 3.23. The molecule has 0 radical (unpaired) electrons. The zero-order chi connectivity index (χ0) is 18.5. The molecule has 6 heteroatoms. The van der Waals surface area contributed by atoms with Gasteiger partial charge in [-0.25, -0.2) is 0 Å². The fraction of sp³-hybridized carbons (Fsp3) is 0.100. The van der Waals surface area contributed by atoms with E-state index in [0.29, 0.717) is 11.5 Å². The minimum absolute atomic E-state index is 0.277. The Hall–Kier alpha value is -2.70. The lowest BCUT2D eigenvalue weighted by atomic mass is 10.2. The first kappa shape index (κ1) is 18.1. The third-order valence-electron chi connectivity index (χ3n) is 3.39. The maximum absolute atomic E-state index is 10.8. The Kier molecular flexibility index (Phi) is 5.65. The summed E-state index contributed by atoms with van der Waals surface area (Å²) >= 11 is 3.22. The summed E-state index contributed by atoms with van der Waals surface area (Å²) in [5.41, 5.74) is 0. The number of fused-ring (bicyclic) bond motifs is 2. The topological polar surface area (TPSA) is 52.6 Å². The molecule has 0 aliphatic rings. The van der Waals surface area contributed by atoms with E-state index in [1.165, 1.54) is 19.2 Å². The minimum atomic E-state index is -0.282. The summed E-state index contributed by atoms with van der Waals surface area (Å²) in [7, 11) is 0. The van der Waals surface area contributed by atoms with E-state index < -0.39 is 0 Å². The van der Waals surface area contributed by atoms with Crippen LogP contribution >= 0.6 is 22.7 Å². The second-order valence-corrected chi connectivity index (χ2v) is 7.27. The number of thiophene rings is 2. The molecular weight excluding hydrogens is 368 g/mol. The van der Waals surface area contributed by atoms with Crippen molar-refractivity contribution in [3.63, 3.8) is 0 Å². The van der Waals surface area contributed by atoms with Crippen LogP contribution in [0.3, 0.4) is 0 Å². The molecule has 4 nitrogen and oxygen atoms in total. The third-order valence-corrected chi connectivity index (χ3v) is 5.21. The lowest BCUT2D eigenvalue weighted by molar-refractivity contribution is -0.132. The van der Waals surface area contributed by atoms with Crippen LogP contribution in [0.25, 0.3) is 20.2 Å². The van der Waals surface area contributed by atoms with E-state index in [1.807, 2.05) is 47.2 Å². The molecule has 2 aromatic heterocycles. The second kappa shape index (κ2) is 8.12. The Morgan fingerprint density at radius 3 is 2.31 bits per heavy atom. The Morgan fingerprint density at radius 2 is 1.54 bits per heavy atom. The number of esters is 2. The largest absolute Gasteiger partial charge is 0.427 e. The first-order valence-electron chi connectivity index (χ1n) is 7.83. The van der Waals surface area contributed by atoms with E-state index in [9.17, 15) is 9.59 Å². The van der Waals surface area contributed by atoms with Crippen molar-refractivity contribution in [3.05, 3.63) is 59.3 Å². The van der Waals surface area contributed by atoms with Crippen molar-refractivity contribution < 1.29 is 19.1 Å². The number of hydrogen-bond acceptors (Lipinski definition) is 6. The Morgan fingerprint density at radius 1 is 0.808 bits per heavy atom. The quantitative estimate of drug-likeness (QED) is 0.331. The number of ether oxygens (including phenoxy) is 2. The molecule has 4 rings (SSSR count). The van der Waals surface area contributed by atoms with Crippen LogP contribution < -0.4 is 9.47 Å². The molecule has 132 valence electrons. The van der Waals surface area contributed by atoms with Gasteiger partial charge in [-0.1, -0.05) is 12.1 Å². The highest BCUT2D eigenvalue weighted by molar-refractivity contribution is 7.17. The number of benzene rings is 2. The maximum Gasteiger partial charge on any atom is 0.308 e. The first-order valence-corrected chi connectivity index (χ1v) is 9.59. The molecule has 0 amide bonds. The van der Waals surface area contributed by atoms with Gasteiger partial charge in [-0.15, -0.1) is 22.7 Å². The number of carbonyl (C=O) groups excluding carboxylic acids is 2. The summed E-state index contributed by atoms with van der Waals surface area (Å²) in [6.07, 6.45) is 0. The van der Waals surface area contributed by atoms with Gasteiger partial charge in [0.1, 0.15) is 11.5 Å². The molecular formula is C20H16O4S2. The molecule has 0 unspecified atom stereocenters. The lowest BCUT2D eigenvalue weighted by Crippen LogP contribution is -2.00. The summed E-state index contributed by atoms with van der Waals surface area (Å²) in [4.78, 5) is 21.4. The summed E-state index contributed by atoms with van der Waals surface area (Å²) < 4.78 is 12.2. The predicted octanol–water partition coefficient (Wildman–Crippen LogP) is 5.65. The SMILES string of the molecule is CC(=O)Oc1ccc2ccsc2c1.CC(=O)Oc1cccc2ccsc12. The van der Waals surface area contributed by atoms with Gasteiger partial charge in [0.2, 0.25) is 0 Å². The van der Waals surface area contributed by atoms with Gasteiger partial charge in [0.15, 0.2) is 0 Å².